The number of ether oxygens (including phenoxy) is 2. The summed E-state index contributed by atoms with van der Waals surface area (Å²) in [6, 6.07) is 18.3. The molecule has 0 radical (unpaired) electrons. The van der Waals surface area contributed by atoms with Crippen LogP contribution in [0.15, 0.2) is 60.7 Å². The van der Waals surface area contributed by atoms with Crippen LogP contribution in [0.25, 0.3) is 11.1 Å². The molecule has 150 valence electrons. The first-order chi connectivity index (χ1) is 14.6. The molecule has 1 atom stereocenters. The highest BCUT2D eigenvalue weighted by molar-refractivity contribution is 6.14. The Balaban J connectivity index is 1.67. The summed E-state index contributed by atoms with van der Waals surface area (Å²) in [7, 11) is 3.25. The second-order valence-corrected chi connectivity index (χ2v) is 7.72. The molecule has 0 aliphatic heterocycles. The Morgan fingerprint density at radius 2 is 1.50 bits per heavy atom. The number of rotatable bonds is 4. The number of methoxy groups -OCH3 is 2. The first kappa shape index (κ1) is 18.6. The van der Waals surface area contributed by atoms with Crippen molar-refractivity contribution < 1.29 is 18.7 Å². The molecular formula is C26H21FO3. The summed E-state index contributed by atoms with van der Waals surface area (Å²) in [6.07, 6.45) is 1.16. The summed E-state index contributed by atoms with van der Waals surface area (Å²) in [6.45, 7) is 0. The minimum absolute atomic E-state index is 0.0835. The van der Waals surface area contributed by atoms with Crippen LogP contribution in [0, 0.1) is 11.7 Å². The van der Waals surface area contributed by atoms with Crippen LogP contribution in [0.2, 0.25) is 0 Å². The summed E-state index contributed by atoms with van der Waals surface area (Å²) >= 11 is 0. The first-order valence-electron chi connectivity index (χ1n) is 9.97. The number of ketones is 1. The Morgan fingerprint density at radius 3 is 2.20 bits per heavy atom. The predicted molar refractivity (Wildman–Crippen MR) is 114 cm³/mol. The second kappa shape index (κ2) is 7.13. The monoisotopic (exact) mass is 400 g/mol. The average molecular weight is 400 g/mol. The minimum Gasteiger partial charge on any atom is -0.497 e. The maximum atomic E-state index is 14.8. The molecule has 2 aliphatic rings. The van der Waals surface area contributed by atoms with E-state index in [0.717, 1.165) is 44.9 Å². The molecule has 0 fully saturated rings. The Kier molecular flexibility index (Phi) is 4.43. The average Bonchev–Trinajstić information content (AvgIpc) is 3.30. The molecule has 0 aromatic heterocycles. The van der Waals surface area contributed by atoms with E-state index in [-0.39, 0.29) is 17.5 Å². The van der Waals surface area contributed by atoms with Gasteiger partial charge in [0, 0.05) is 11.1 Å². The highest BCUT2D eigenvalue weighted by atomic mass is 19.1. The number of carbonyl (C=O) groups excluding carboxylic acids is 1. The van der Waals surface area contributed by atoms with E-state index in [4.69, 9.17) is 9.47 Å². The SMILES string of the molecule is COc1ccc2c(c1)CC(C1=C(c3ccccc3F)Cc3cc(OC)ccc31)C2=O. The van der Waals surface area contributed by atoms with Gasteiger partial charge in [-0.2, -0.15) is 0 Å². The Hall–Kier alpha value is -3.40. The normalized spacial score (nSPS) is 17.2. The van der Waals surface area contributed by atoms with E-state index >= 15 is 0 Å². The van der Waals surface area contributed by atoms with Crippen molar-refractivity contribution in [1.82, 2.24) is 0 Å². The minimum atomic E-state index is -0.337. The molecule has 5 rings (SSSR count). The van der Waals surface area contributed by atoms with Gasteiger partial charge in [0.1, 0.15) is 17.3 Å². The van der Waals surface area contributed by atoms with Gasteiger partial charge in [-0.05, 0) is 77.1 Å². The zero-order chi connectivity index (χ0) is 20.8. The Bertz CT molecular complexity index is 1210. The third-order valence-corrected chi connectivity index (χ3v) is 6.16. The fourth-order valence-electron chi connectivity index (χ4n) is 4.74. The molecule has 1 unspecified atom stereocenters. The molecule has 0 bridgehead atoms. The second-order valence-electron chi connectivity index (χ2n) is 7.72. The number of hydrogen-bond donors (Lipinski definition) is 0. The third kappa shape index (κ3) is 2.83. The zero-order valence-electron chi connectivity index (χ0n) is 16.9. The van der Waals surface area contributed by atoms with Gasteiger partial charge in [0.2, 0.25) is 0 Å². The number of halogens is 1. The van der Waals surface area contributed by atoms with E-state index < -0.39 is 0 Å². The first-order valence-corrected chi connectivity index (χ1v) is 9.97. The van der Waals surface area contributed by atoms with Crippen molar-refractivity contribution >= 4 is 16.9 Å². The van der Waals surface area contributed by atoms with Crippen molar-refractivity contribution in [2.24, 2.45) is 5.92 Å². The molecule has 4 heteroatoms. The number of hydrogen-bond acceptors (Lipinski definition) is 3. The number of Topliss-reactive ketones (excluding diaryl/α,β-unsaturated/α-hetero) is 1. The maximum Gasteiger partial charge on any atom is 0.170 e. The molecule has 2 aliphatic carbocycles. The van der Waals surface area contributed by atoms with Crippen molar-refractivity contribution in [3.05, 3.63) is 94.3 Å². The summed E-state index contributed by atoms with van der Waals surface area (Å²) < 4.78 is 25.5. The number of fused-ring (bicyclic) bond motifs is 2. The van der Waals surface area contributed by atoms with Crippen LogP contribution in [0.5, 0.6) is 11.5 Å². The smallest absolute Gasteiger partial charge is 0.170 e. The molecule has 3 aromatic carbocycles. The lowest BCUT2D eigenvalue weighted by atomic mass is 9.87. The van der Waals surface area contributed by atoms with Gasteiger partial charge in [-0.3, -0.25) is 4.79 Å². The highest BCUT2D eigenvalue weighted by Crippen LogP contribution is 2.48. The molecule has 3 nitrogen and oxygen atoms in total. The topological polar surface area (TPSA) is 35.5 Å². The quantitative estimate of drug-likeness (QED) is 0.591. The Labute approximate surface area is 174 Å². The van der Waals surface area contributed by atoms with Crippen molar-refractivity contribution in [3.8, 4) is 11.5 Å². The van der Waals surface area contributed by atoms with Crippen LogP contribution in [0.3, 0.4) is 0 Å². The summed E-state index contributed by atoms with van der Waals surface area (Å²) in [5, 5.41) is 0. The van der Waals surface area contributed by atoms with Crippen LogP contribution in [-0.2, 0) is 12.8 Å². The largest absolute Gasteiger partial charge is 0.497 e. The van der Waals surface area contributed by atoms with E-state index in [1.807, 2.05) is 42.5 Å². The fraction of sp³-hybridized carbons (Fsp3) is 0.192. The molecule has 0 saturated carbocycles. The summed E-state index contributed by atoms with van der Waals surface area (Å²) in [5.41, 5.74) is 6.14. The standard InChI is InChI=1S/C26H21FO3/c1-29-17-7-9-19-15(11-17)13-22(21-5-3-4-6-24(21)27)25(19)23-14-16-12-18(30-2)8-10-20(16)26(23)28/h3-12,23H,13-14H2,1-2H3. The van der Waals surface area contributed by atoms with Gasteiger partial charge in [0.25, 0.3) is 0 Å². The van der Waals surface area contributed by atoms with Gasteiger partial charge >= 0.3 is 0 Å². The van der Waals surface area contributed by atoms with Gasteiger partial charge in [-0.25, -0.2) is 4.39 Å². The van der Waals surface area contributed by atoms with Gasteiger partial charge in [-0.1, -0.05) is 24.3 Å². The molecule has 0 N–H and O–H groups in total. The number of carbonyl (C=O) groups is 1. The van der Waals surface area contributed by atoms with Gasteiger partial charge < -0.3 is 9.47 Å². The van der Waals surface area contributed by atoms with E-state index in [0.29, 0.717) is 18.4 Å². The number of benzene rings is 3. The lowest BCUT2D eigenvalue weighted by Crippen LogP contribution is -2.12. The Morgan fingerprint density at radius 1 is 0.833 bits per heavy atom. The van der Waals surface area contributed by atoms with Gasteiger partial charge in [0.05, 0.1) is 20.1 Å². The van der Waals surface area contributed by atoms with E-state index in [2.05, 4.69) is 0 Å². The van der Waals surface area contributed by atoms with Crippen molar-refractivity contribution in [2.75, 3.05) is 14.2 Å². The molecule has 3 aromatic rings. The van der Waals surface area contributed by atoms with Crippen LogP contribution < -0.4 is 9.47 Å². The van der Waals surface area contributed by atoms with Crippen molar-refractivity contribution in [1.29, 1.82) is 0 Å². The van der Waals surface area contributed by atoms with Gasteiger partial charge in [-0.15, -0.1) is 0 Å². The van der Waals surface area contributed by atoms with Crippen molar-refractivity contribution in [2.45, 2.75) is 12.8 Å². The molecule has 0 amide bonds. The molecule has 0 spiro atoms. The molecule has 30 heavy (non-hydrogen) atoms. The van der Waals surface area contributed by atoms with E-state index in [9.17, 15) is 9.18 Å². The van der Waals surface area contributed by atoms with E-state index in [1.165, 1.54) is 6.07 Å². The maximum absolute atomic E-state index is 14.8. The van der Waals surface area contributed by atoms with Gasteiger partial charge in [0.15, 0.2) is 5.78 Å². The third-order valence-electron chi connectivity index (χ3n) is 6.16. The van der Waals surface area contributed by atoms with E-state index in [1.54, 1.807) is 26.4 Å². The molecule has 0 saturated heterocycles. The number of allylic oxidation sites excluding steroid dienone is 2. The van der Waals surface area contributed by atoms with Crippen LogP contribution in [0.1, 0.15) is 32.6 Å². The molecular weight excluding hydrogens is 379 g/mol. The van der Waals surface area contributed by atoms with Crippen LogP contribution in [-0.4, -0.2) is 20.0 Å². The predicted octanol–water partition coefficient (Wildman–Crippen LogP) is 5.37. The summed E-state index contributed by atoms with van der Waals surface area (Å²) in [4.78, 5) is 13.4. The zero-order valence-corrected chi connectivity index (χ0v) is 16.9. The van der Waals surface area contributed by atoms with Crippen LogP contribution in [0.4, 0.5) is 4.39 Å². The lowest BCUT2D eigenvalue weighted by molar-refractivity contribution is 0.0964. The fourth-order valence-corrected chi connectivity index (χ4v) is 4.74. The van der Waals surface area contributed by atoms with Crippen LogP contribution >= 0.6 is 0 Å². The lowest BCUT2D eigenvalue weighted by Gasteiger charge is -2.16. The molecule has 0 heterocycles. The highest BCUT2D eigenvalue weighted by Gasteiger charge is 2.38. The van der Waals surface area contributed by atoms with Crippen molar-refractivity contribution in [3.63, 3.8) is 0 Å². The summed E-state index contributed by atoms with van der Waals surface area (Å²) in [5.74, 6) is 0.974.